The summed E-state index contributed by atoms with van der Waals surface area (Å²) in [6.07, 6.45) is 0. The van der Waals surface area contributed by atoms with Gasteiger partial charge in [-0.3, -0.25) is 4.79 Å². The minimum atomic E-state index is -0.245. The Morgan fingerprint density at radius 3 is 1.26 bits per heavy atom. The molecule has 0 saturated heterocycles. The number of rotatable bonds is 2. The lowest BCUT2D eigenvalue weighted by molar-refractivity contribution is -0.137. The Balaban J connectivity index is 0.000000511. The second-order valence-corrected chi connectivity index (χ2v) is 5.46. The number of carbonyl (C=O) groups is 1. The van der Waals surface area contributed by atoms with Crippen LogP contribution >= 0.6 is 0 Å². The molecule has 2 aromatic rings. The lowest BCUT2D eigenvalue weighted by atomic mass is 9.78. The molecule has 3 nitrogen and oxygen atoms in total. The van der Waals surface area contributed by atoms with Crippen molar-refractivity contribution in [1.82, 2.24) is 0 Å². The van der Waals surface area contributed by atoms with E-state index in [2.05, 4.69) is 84.0 Å². The molecule has 0 atom stereocenters. The molecule has 0 heterocycles. The summed E-state index contributed by atoms with van der Waals surface area (Å²) in [6, 6.07) is 21.3. The number of ether oxygens (including phenoxy) is 2. The first-order chi connectivity index (χ1) is 10.9. The first-order valence-electron chi connectivity index (χ1n) is 7.45. The van der Waals surface area contributed by atoms with Crippen molar-refractivity contribution in [2.24, 2.45) is 0 Å². The van der Waals surface area contributed by atoms with Crippen LogP contribution in [0.3, 0.4) is 0 Å². The highest BCUT2D eigenvalue weighted by Gasteiger charge is 2.21. The summed E-state index contributed by atoms with van der Waals surface area (Å²) in [5.74, 6) is -0.245. The molecule has 23 heavy (non-hydrogen) atoms. The maximum absolute atomic E-state index is 9.59. The van der Waals surface area contributed by atoms with Crippen molar-refractivity contribution < 1.29 is 14.3 Å². The van der Waals surface area contributed by atoms with Crippen LogP contribution in [-0.2, 0) is 19.7 Å². The third-order valence-electron chi connectivity index (χ3n) is 3.28. The summed E-state index contributed by atoms with van der Waals surface area (Å²) < 4.78 is 8.36. The fourth-order valence-electron chi connectivity index (χ4n) is 1.88. The van der Waals surface area contributed by atoms with Crippen LogP contribution in [0.1, 0.15) is 31.9 Å². The summed E-state index contributed by atoms with van der Waals surface area (Å²) in [5, 5.41) is 0. The van der Waals surface area contributed by atoms with Gasteiger partial charge in [0.15, 0.2) is 0 Å². The number of methoxy groups -OCH3 is 2. The standard InChI is InChI=1S/C15H16.C3H6O2.C2H6O/c1-15(2,13-9-5-3-6-10-13)14-11-7-4-8-12-14;1-3(4)5-2;1-3-2/h3-12H,1-2H3;1-2H3;1-2H3. The molecule has 2 rings (SSSR count). The first-order valence-corrected chi connectivity index (χ1v) is 7.45. The molecular weight excluding hydrogens is 288 g/mol. The molecule has 0 aliphatic rings. The molecule has 0 aliphatic heterocycles. The predicted octanol–water partition coefficient (Wildman–Crippen LogP) is 4.45. The molecule has 0 N–H and O–H groups in total. The average molecular weight is 316 g/mol. The van der Waals surface area contributed by atoms with Gasteiger partial charge < -0.3 is 9.47 Å². The maximum Gasteiger partial charge on any atom is 0.302 e. The zero-order valence-electron chi connectivity index (χ0n) is 15.0. The molecule has 2 aromatic carbocycles. The molecule has 0 fully saturated rings. The van der Waals surface area contributed by atoms with E-state index in [0.717, 1.165) is 0 Å². The third-order valence-corrected chi connectivity index (χ3v) is 3.28. The predicted molar refractivity (Wildman–Crippen MR) is 95.6 cm³/mol. The second kappa shape index (κ2) is 11.4. The number of carbonyl (C=O) groups excluding carboxylic acids is 1. The smallest absolute Gasteiger partial charge is 0.302 e. The summed E-state index contributed by atoms with van der Waals surface area (Å²) >= 11 is 0. The molecule has 0 amide bonds. The normalized spacial score (nSPS) is 9.65. The van der Waals surface area contributed by atoms with Crippen molar-refractivity contribution in [2.75, 3.05) is 21.3 Å². The molecule has 0 spiro atoms. The number of esters is 1. The van der Waals surface area contributed by atoms with Gasteiger partial charge in [-0.15, -0.1) is 0 Å². The van der Waals surface area contributed by atoms with E-state index in [9.17, 15) is 4.79 Å². The largest absolute Gasteiger partial charge is 0.469 e. The molecule has 0 saturated carbocycles. The Hall–Kier alpha value is -2.13. The molecular formula is C20H28O3. The summed E-state index contributed by atoms with van der Waals surface area (Å²) in [5.41, 5.74) is 2.80. The van der Waals surface area contributed by atoms with Crippen molar-refractivity contribution in [3.05, 3.63) is 71.8 Å². The lowest BCUT2D eigenvalue weighted by Gasteiger charge is -2.25. The van der Waals surface area contributed by atoms with Crippen molar-refractivity contribution in [2.45, 2.75) is 26.2 Å². The van der Waals surface area contributed by atoms with Gasteiger partial charge in [0.2, 0.25) is 0 Å². The summed E-state index contributed by atoms with van der Waals surface area (Å²) in [6.45, 7) is 5.88. The topological polar surface area (TPSA) is 35.5 Å². The second-order valence-electron chi connectivity index (χ2n) is 5.46. The van der Waals surface area contributed by atoms with E-state index in [0.29, 0.717) is 0 Å². The van der Waals surface area contributed by atoms with Gasteiger partial charge >= 0.3 is 5.97 Å². The van der Waals surface area contributed by atoms with Gasteiger partial charge in [-0.25, -0.2) is 0 Å². The van der Waals surface area contributed by atoms with Crippen LogP contribution in [0.15, 0.2) is 60.7 Å². The molecule has 126 valence electrons. The van der Waals surface area contributed by atoms with Crippen LogP contribution in [0.25, 0.3) is 0 Å². The average Bonchev–Trinajstić information content (AvgIpc) is 2.58. The zero-order valence-corrected chi connectivity index (χ0v) is 15.0. The van der Waals surface area contributed by atoms with E-state index in [1.807, 2.05) is 0 Å². The Kier molecular flexibility index (Phi) is 10.4. The summed E-state index contributed by atoms with van der Waals surface area (Å²) in [4.78, 5) is 9.59. The number of hydrogen-bond acceptors (Lipinski definition) is 3. The maximum atomic E-state index is 9.59. The van der Waals surface area contributed by atoms with E-state index in [1.165, 1.54) is 25.2 Å². The van der Waals surface area contributed by atoms with E-state index < -0.39 is 0 Å². The first kappa shape index (κ1) is 20.9. The quantitative estimate of drug-likeness (QED) is 0.768. The van der Waals surface area contributed by atoms with Gasteiger partial charge in [0, 0.05) is 26.6 Å². The van der Waals surface area contributed by atoms with Gasteiger partial charge in [0.25, 0.3) is 0 Å². The number of hydrogen-bond donors (Lipinski definition) is 0. The van der Waals surface area contributed by atoms with Crippen LogP contribution in [0.2, 0.25) is 0 Å². The molecule has 0 aromatic heterocycles. The van der Waals surface area contributed by atoms with E-state index in [-0.39, 0.29) is 11.4 Å². The Bertz CT molecular complexity index is 492. The van der Waals surface area contributed by atoms with Crippen LogP contribution in [0, 0.1) is 0 Å². The van der Waals surface area contributed by atoms with E-state index in [1.54, 1.807) is 14.2 Å². The highest BCUT2D eigenvalue weighted by molar-refractivity contribution is 5.65. The summed E-state index contributed by atoms with van der Waals surface area (Å²) in [7, 11) is 4.60. The molecule has 0 radical (unpaired) electrons. The third kappa shape index (κ3) is 8.17. The SMILES string of the molecule is CC(C)(c1ccccc1)c1ccccc1.COC.COC(C)=O. The van der Waals surface area contributed by atoms with Gasteiger partial charge in [0.05, 0.1) is 7.11 Å². The zero-order chi connectivity index (χ0) is 17.7. The Labute approximate surface area is 140 Å². The highest BCUT2D eigenvalue weighted by Crippen LogP contribution is 2.30. The van der Waals surface area contributed by atoms with Crippen LogP contribution in [-0.4, -0.2) is 27.3 Å². The van der Waals surface area contributed by atoms with Crippen LogP contribution in [0.5, 0.6) is 0 Å². The molecule has 0 aliphatic carbocycles. The molecule has 3 heteroatoms. The van der Waals surface area contributed by atoms with Crippen LogP contribution in [0.4, 0.5) is 0 Å². The van der Waals surface area contributed by atoms with Gasteiger partial charge in [-0.1, -0.05) is 74.5 Å². The fraction of sp³-hybridized carbons (Fsp3) is 0.350. The van der Waals surface area contributed by atoms with Gasteiger partial charge in [0.1, 0.15) is 0 Å². The van der Waals surface area contributed by atoms with Crippen molar-refractivity contribution in [3.8, 4) is 0 Å². The minimum absolute atomic E-state index is 0.0858. The van der Waals surface area contributed by atoms with E-state index in [4.69, 9.17) is 0 Å². The Morgan fingerprint density at radius 1 is 0.783 bits per heavy atom. The highest BCUT2D eigenvalue weighted by atomic mass is 16.5. The van der Waals surface area contributed by atoms with E-state index >= 15 is 0 Å². The van der Waals surface area contributed by atoms with Crippen molar-refractivity contribution in [3.63, 3.8) is 0 Å². The lowest BCUT2D eigenvalue weighted by Crippen LogP contribution is -2.18. The Morgan fingerprint density at radius 2 is 1.04 bits per heavy atom. The fourth-order valence-corrected chi connectivity index (χ4v) is 1.88. The van der Waals surface area contributed by atoms with Crippen LogP contribution < -0.4 is 0 Å². The molecule has 0 unspecified atom stereocenters. The van der Waals surface area contributed by atoms with Gasteiger partial charge in [-0.05, 0) is 11.1 Å². The molecule has 0 bridgehead atoms. The minimum Gasteiger partial charge on any atom is -0.469 e. The van der Waals surface area contributed by atoms with Crippen molar-refractivity contribution >= 4 is 5.97 Å². The van der Waals surface area contributed by atoms with Gasteiger partial charge in [-0.2, -0.15) is 0 Å². The monoisotopic (exact) mass is 316 g/mol. The number of benzene rings is 2. The van der Waals surface area contributed by atoms with Crippen molar-refractivity contribution in [1.29, 1.82) is 0 Å².